The Hall–Kier alpha value is -1.59. The monoisotopic (exact) mass is 290 g/mol. The molecule has 2 N–H and O–H groups in total. The first-order valence-electron chi connectivity index (χ1n) is 6.90. The number of aromatic amines is 1. The lowest BCUT2D eigenvalue weighted by Gasteiger charge is -2.28. The summed E-state index contributed by atoms with van der Waals surface area (Å²) in [5.41, 5.74) is 1.27. The highest BCUT2D eigenvalue weighted by atomic mass is 35.5. The number of fused-ring (bicyclic) bond motifs is 3. The Labute approximate surface area is 121 Å². The molecule has 1 amide bonds. The quantitative estimate of drug-likeness (QED) is 0.831. The summed E-state index contributed by atoms with van der Waals surface area (Å²) in [7, 11) is 0. The molecule has 3 atom stereocenters. The van der Waals surface area contributed by atoms with Crippen LogP contribution in [0.4, 0.5) is 0 Å². The summed E-state index contributed by atoms with van der Waals surface area (Å²) in [6, 6.07) is 8.22. The number of nitrogens with zero attached hydrogens (tertiary/aromatic N) is 2. The van der Waals surface area contributed by atoms with E-state index < -0.39 is 0 Å². The predicted molar refractivity (Wildman–Crippen MR) is 76.4 cm³/mol. The van der Waals surface area contributed by atoms with Gasteiger partial charge in [0.1, 0.15) is 0 Å². The fourth-order valence-corrected chi connectivity index (χ4v) is 3.78. The minimum Gasteiger partial charge on any atom is -0.314 e. The Bertz CT molecular complexity index is 670. The van der Waals surface area contributed by atoms with E-state index in [9.17, 15) is 4.79 Å². The van der Waals surface area contributed by atoms with Crippen molar-refractivity contribution in [3.8, 4) is 0 Å². The second kappa shape index (κ2) is 4.46. The lowest BCUT2D eigenvalue weighted by Crippen LogP contribution is -2.42. The van der Waals surface area contributed by atoms with Crippen LogP contribution in [0.15, 0.2) is 24.3 Å². The van der Waals surface area contributed by atoms with Gasteiger partial charge in [0.2, 0.25) is 0 Å². The number of carbonyl (C=O) groups excluding carboxylic acids is 1. The molecule has 2 bridgehead atoms. The highest BCUT2D eigenvalue weighted by Gasteiger charge is 2.44. The third-order valence-corrected chi connectivity index (χ3v) is 4.89. The molecular weight excluding hydrogens is 276 g/mol. The van der Waals surface area contributed by atoms with Crippen molar-refractivity contribution in [2.75, 3.05) is 6.54 Å². The molecule has 1 saturated heterocycles. The number of piperidine rings is 1. The minimum atomic E-state index is -0.207. The fraction of sp³-hybridized carbons (Fsp3) is 0.429. The molecule has 2 aliphatic rings. The number of para-hydroxylation sites is 1. The number of H-pyrrole nitrogens is 1. The molecule has 1 aliphatic heterocycles. The lowest BCUT2D eigenvalue weighted by atomic mass is 10.0. The molecule has 1 aromatic carbocycles. The van der Waals surface area contributed by atoms with Crippen LogP contribution in [-0.4, -0.2) is 39.2 Å². The summed E-state index contributed by atoms with van der Waals surface area (Å²) < 4.78 is 1.37. The molecule has 1 saturated carbocycles. The molecule has 2 heterocycles. The van der Waals surface area contributed by atoms with Crippen LogP contribution in [0, 0.1) is 5.92 Å². The number of rotatable bonds is 2. The lowest BCUT2D eigenvalue weighted by molar-refractivity contribution is 0.0790. The van der Waals surface area contributed by atoms with Gasteiger partial charge in [-0.05, 0) is 24.8 Å². The molecule has 0 radical (unpaired) electrons. The zero-order chi connectivity index (χ0) is 13.7. The number of hydrogen-bond acceptors (Lipinski definition) is 3. The maximum Gasteiger partial charge on any atom is 0.289 e. The second-order valence-electron chi connectivity index (χ2n) is 5.64. The third kappa shape index (κ3) is 1.73. The van der Waals surface area contributed by atoms with Crippen LogP contribution in [0.2, 0.25) is 0 Å². The third-order valence-electron chi connectivity index (χ3n) is 4.48. The molecule has 3 unspecified atom stereocenters. The topological polar surface area (TPSA) is 61.0 Å². The van der Waals surface area contributed by atoms with Crippen LogP contribution in [-0.2, 0) is 0 Å². The van der Waals surface area contributed by atoms with Crippen molar-refractivity contribution >= 4 is 28.6 Å². The summed E-state index contributed by atoms with van der Waals surface area (Å²) in [5, 5.41) is 11.3. The average molecular weight is 291 g/mol. The molecule has 1 aromatic heterocycles. The largest absolute Gasteiger partial charge is 0.314 e. The first kappa shape index (κ1) is 12.2. The van der Waals surface area contributed by atoms with Gasteiger partial charge in [-0.2, -0.15) is 5.10 Å². The number of amides is 1. The number of carbonyl (C=O) groups is 1. The molecule has 1 aliphatic carbocycles. The molecule has 4 rings (SSSR count). The highest BCUT2D eigenvalue weighted by molar-refractivity contribution is 6.25. The van der Waals surface area contributed by atoms with Gasteiger partial charge < -0.3 is 5.32 Å². The molecule has 20 heavy (non-hydrogen) atoms. The standard InChI is InChI=1S/C14H15ClN4O/c15-19(12-6-9-5-8(12)7-16-9)14(20)13-10-3-1-2-4-11(10)17-18-13/h1-4,8-9,12,16H,5-7H2,(H,17,18). The normalized spacial score (nSPS) is 28.1. The van der Waals surface area contributed by atoms with Gasteiger partial charge in [-0.25, -0.2) is 4.42 Å². The molecule has 6 heteroatoms. The SMILES string of the molecule is O=C(c1n[nH]c2ccccc12)N(Cl)C1CC2CC1CN2. The van der Waals surface area contributed by atoms with E-state index in [2.05, 4.69) is 15.5 Å². The minimum absolute atomic E-state index is 0.117. The highest BCUT2D eigenvalue weighted by Crippen LogP contribution is 2.36. The van der Waals surface area contributed by atoms with Crippen molar-refractivity contribution in [3.63, 3.8) is 0 Å². The van der Waals surface area contributed by atoms with Gasteiger partial charge in [-0.3, -0.25) is 9.89 Å². The first-order chi connectivity index (χ1) is 9.74. The van der Waals surface area contributed by atoms with Gasteiger partial charge in [-0.15, -0.1) is 0 Å². The fourth-order valence-electron chi connectivity index (χ4n) is 3.46. The van der Waals surface area contributed by atoms with Crippen LogP contribution >= 0.6 is 11.8 Å². The van der Waals surface area contributed by atoms with Crippen LogP contribution in [0.1, 0.15) is 23.3 Å². The van der Waals surface area contributed by atoms with Gasteiger partial charge in [0.05, 0.1) is 11.6 Å². The average Bonchev–Trinajstić information content (AvgIpc) is 3.19. The van der Waals surface area contributed by atoms with Gasteiger partial charge in [0, 0.05) is 29.7 Å². The van der Waals surface area contributed by atoms with Gasteiger partial charge in [0.15, 0.2) is 5.69 Å². The summed E-state index contributed by atoms with van der Waals surface area (Å²) >= 11 is 6.33. The van der Waals surface area contributed by atoms with Gasteiger partial charge in [0.25, 0.3) is 5.91 Å². The maximum absolute atomic E-state index is 12.6. The van der Waals surface area contributed by atoms with Crippen molar-refractivity contribution in [2.24, 2.45) is 5.92 Å². The summed E-state index contributed by atoms with van der Waals surface area (Å²) in [6.07, 6.45) is 2.05. The number of nitrogens with one attached hydrogen (secondary N) is 2. The Balaban J connectivity index is 1.63. The maximum atomic E-state index is 12.6. The zero-order valence-electron chi connectivity index (χ0n) is 10.8. The first-order valence-corrected chi connectivity index (χ1v) is 7.23. The van der Waals surface area contributed by atoms with Crippen molar-refractivity contribution in [1.82, 2.24) is 19.9 Å². The van der Waals surface area contributed by atoms with Crippen LogP contribution in [0.25, 0.3) is 10.9 Å². The van der Waals surface area contributed by atoms with E-state index in [1.54, 1.807) is 0 Å². The molecule has 2 aromatic rings. The van der Waals surface area contributed by atoms with E-state index in [4.69, 9.17) is 11.8 Å². The number of benzene rings is 1. The van der Waals surface area contributed by atoms with E-state index in [1.165, 1.54) is 4.42 Å². The summed E-state index contributed by atoms with van der Waals surface area (Å²) in [6.45, 7) is 0.952. The van der Waals surface area contributed by atoms with Gasteiger partial charge >= 0.3 is 0 Å². The van der Waals surface area contributed by atoms with E-state index in [-0.39, 0.29) is 11.9 Å². The van der Waals surface area contributed by atoms with E-state index in [1.807, 2.05) is 24.3 Å². The Kier molecular flexibility index (Phi) is 2.72. The number of hydrogen-bond donors (Lipinski definition) is 2. The van der Waals surface area contributed by atoms with Crippen LogP contribution in [0.5, 0.6) is 0 Å². The smallest absolute Gasteiger partial charge is 0.289 e. The molecule has 5 nitrogen and oxygen atoms in total. The zero-order valence-corrected chi connectivity index (χ0v) is 11.6. The summed E-state index contributed by atoms with van der Waals surface area (Å²) in [4.78, 5) is 12.6. The molecule has 104 valence electrons. The number of halogens is 1. The van der Waals surface area contributed by atoms with E-state index in [0.29, 0.717) is 17.7 Å². The van der Waals surface area contributed by atoms with Crippen molar-refractivity contribution in [2.45, 2.75) is 24.9 Å². The second-order valence-corrected chi connectivity index (χ2v) is 6.00. The molecule has 0 spiro atoms. The van der Waals surface area contributed by atoms with Crippen LogP contribution < -0.4 is 5.32 Å². The van der Waals surface area contributed by atoms with E-state index >= 15 is 0 Å². The Morgan fingerprint density at radius 2 is 2.20 bits per heavy atom. The van der Waals surface area contributed by atoms with E-state index in [0.717, 1.165) is 30.3 Å². The van der Waals surface area contributed by atoms with Crippen molar-refractivity contribution in [1.29, 1.82) is 0 Å². The molecular formula is C14H15ClN4O. The molecule has 2 fully saturated rings. The van der Waals surface area contributed by atoms with Crippen LogP contribution in [0.3, 0.4) is 0 Å². The van der Waals surface area contributed by atoms with Crippen molar-refractivity contribution < 1.29 is 4.79 Å². The number of aromatic nitrogens is 2. The Morgan fingerprint density at radius 3 is 2.95 bits per heavy atom. The predicted octanol–water partition coefficient (Wildman–Crippen LogP) is 1.91. The van der Waals surface area contributed by atoms with Gasteiger partial charge in [-0.1, -0.05) is 18.2 Å². The van der Waals surface area contributed by atoms with Crippen molar-refractivity contribution in [3.05, 3.63) is 30.0 Å². The Morgan fingerprint density at radius 1 is 1.35 bits per heavy atom. The summed E-state index contributed by atoms with van der Waals surface area (Å²) in [5.74, 6) is 0.258.